The molecule has 4 N–H and O–H groups in total. The van der Waals surface area contributed by atoms with Crippen molar-refractivity contribution in [1.82, 2.24) is 0 Å². The minimum Gasteiger partial charge on any atom is -0.298 e. The van der Waals surface area contributed by atoms with Gasteiger partial charge in [0, 0.05) is 5.56 Å². The van der Waals surface area contributed by atoms with Gasteiger partial charge in [0.1, 0.15) is 4.90 Å². The molecule has 94 valence electrons. The second kappa shape index (κ2) is 4.50. The molecule has 0 spiro atoms. The summed E-state index contributed by atoms with van der Waals surface area (Å²) in [6.07, 6.45) is 0.102. The highest BCUT2D eigenvalue weighted by Crippen LogP contribution is 2.19. The van der Waals surface area contributed by atoms with E-state index in [0.29, 0.717) is 0 Å². The lowest BCUT2D eigenvalue weighted by Gasteiger charge is -2.03. The normalized spacial score (nSPS) is 12.4. The SMILES string of the molecule is [NH3+]OS(=O)(=O)c1ccc(S(=O)(=O)O)c(C=O)c1. The van der Waals surface area contributed by atoms with Gasteiger partial charge in [0.15, 0.2) is 6.29 Å². The molecule has 0 fully saturated rings. The Kier molecular flexibility index (Phi) is 3.64. The van der Waals surface area contributed by atoms with Gasteiger partial charge in [-0.15, -0.1) is 0 Å². The molecule has 1 rings (SSSR count). The van der Waals surface area contributed by atoms with E-state index in [-0.39, 0.29) is 6.29 Å². The van der Waals surface area contributed by atoms with Gasteiger partial charge in [-0.2, -0.15) is 22.7 Å². The van der Waals surface area contributed by atoms with Crippen LogP contribution in [0.2, 0.25) is 0 Å². The average Bonchev–Trinajstić information content (AvgIpc) is 2.27. The molecule has 0 aliphatic heterocycles. The lowest BCUT2D eigenvalue weighted by atomic mass is 10.2. The predicted molar refractivity (Wildman–Crippen MR) is 52.8 cm³/mol. The van der Waals surface area contributed by atoms with Crippen LogP contribution >= 0.6 is 0 Å². The van der Waals surface area contributed by atoms with Crippen molar-refractivity contribution in [3.63, 3.8) is 0 Å². The summed E-state index contributed by atoms with van der Waals surface area (Å²) in [4.78, 5) is 9.49. The first kappa shape index (κ1) is 13.7. The Labute approximate surface area is 96.8 Å². The van der Waals surface area contributed by atoms with Crippen LogP contribution in [-0.2, 0) is 24.5 Å². The van der Waals surface area contributed by atoms with Gasteiger partial charge in [-0.05, 0) is 18.2 Å². The predicted octanol–water partition coefficient (Wildman–Crippen LogP) is -1.39. The Balaban J connectivity index is 3.54. The fourth-order valence-corrected chi connectivity index (χ4v) is 2.36. The van der Waals surface area contributed by atoms with Gasteiger partial charge in [0.05, 0.1) is 4.90 Å². The molecule has 0 unspecified atom stereocenters. The monoisotopic (exact) mass is 282 g/mol. The van der Waals surface area contributed by atoms with Crippen molar-refractivity contribution in [3.05, 3.63) is 23.8 Å². The molecule has 0 atom stereocenters. The first-order valence-electron chi connectivity index (χ1n) is 3.98. The molecule has 0 bridgehead atoms. The van der Waals surface area contributed by atoms with Crippen molar-refractivity contribution in [2.75, 3.05) is 0 Å². The van der Waals surface area contributed by atoms with Crippen LogP contribution in [0.3, 0.4) is 0 Å². The molecule has 0 saturated carbocycles. The zero-order valence-electron chi connectivity index (χ0n) is 8.23. The highest BCUT2D eigenvalue weighted by molar-refractivity contribution is 7.86. The molecule has 10 heteroatoms. The van der Waals surface area contributed by atoms with E-state index in [1.54, 1.807) is 0 Å². The van der Waals surface area contributed by atoms with Gasteiger partial charge in [0.2, 0.25) is 0 Å². The smallest absolute Gasteiger partial charge is 0.298 e. The minimum absolute atomic E-state index is 0.102. The van der Waals surface area contributed by atoms with Crippen LogP contribution in [0.4, 0.5) is 0 Å². The average molecular weight is 282 g/mol. The zero-order chi connectivity index (χ0) is 13.3. The van der Waals surface area contributed by atoms with Crippen molar-refractivity contribution in [2.24, 2.45) is 0 Å². The maximum Gasteiger partial charge on any atom is 0.342 e. The number of rotatable bonds is 4. The lowest BCUT2D eigenvalue weighted by Crippen LogP contribution is -2.51. The zero-order valence-corrected chi connectivity index (χ0v) is 9.86. The van der Waals surface area contributed by atoms with Gasteiger partial charge in [0.25, 0.3) is 10.1 Å². The second-order valence-electron chi connectivity index (χ2n) is 2.86. The van der Waals surface area contributed by atoms with E-state index in [1.807, 2.05) is 0 Å². The molecule has 0 amide bonds. The van der Waals surface area contributed by atoms with Crippen molar-refractivity contribution in [1.29, 1.82) is 0 Å². The van der Waals surface area contributed by atoms with E-state index in [4.69, 9.17) is 4.55 Å². The highest BCUT2D eigenvalue weighted by Gasteiger charge is 2.21. The number of hydrogen-bond acceptors (Lipinski definition) is 6. The third kappa shape index (κ3) is 2.87. The third-order valence-corrected chi connectivity index (χ3v) is 3.90. The summed E-state index contributed by atoms with van der Waals surface area (Å²) in [7, 11) is -8.74. The summed E-state index contributed by atoms with van der Waals surface area (Å²) in [5.41, 5.74) is -0.495. The molecule has 1 aromatic carbocycles. The standard InChI is InChI=1S/C7H7NO7S2/c8-15-17(13,14)6-1-2-7(16(10,11)12)5(3-6)4-9/h1-4H,8H3/p+1. The van der Waals surface area contributed by atoms with Gasteiger partial charge >= 0.3 is 10.1 Å². The number of benzene rings is 1. The number of carbonyl (C=O) groups excluding carboxylic acids is 1. The quantitative estimate of drug-likeness (QED) is 0.393. The van der Waals surface area contributed by atoms with Crippen LogP contribution in [-0.4, -0.2) is 27.7 Å². The van der Waals surface area contributed by atoms with Crippen LogP contribution < -0.4 is 5.90 Å². The van der Waals surface area contributed by atoms with Gasteiger partial charge in [-0.3, -0.25) is 9.35 Å². The summed E-state index contributed by atoms with van der Waals surface area (Å²) >= 11 is 0. The number of carbonyl (C=O) groups is 1. The van der Waals surface area contributed by atoms with E-state index in [1.165, 1.54) is 0 Å². The van der Waals surface area contributed by atoms with E-state index in [2.05, 4.69) is 10.2 Å². The Bertz CT molecular complexity index is 647. The van der Waals surface area contributed by atoms with Crippen LogP contribution in [0.1, 0.15) is 10.4 Å². The first-order valence-corrected chi connectivity index (χ1v) is 6.82. The van der Waals surface area contributed by atoms with Crippen LogP contribution in [0.5, 0.6) is 0 Å². The van der Waals surface area contributed by atoms with E-state index in [0.717, 1.165) is 18.2 Å². The molecule has 8 nitrogen and oxygen atoms in total. The van der Waals surface area contributed by atoms with Crippen molar-refractivity contribution >= 4 is 26.5 Å². The Morgan fingerprint density at radius 3 is 2.24 bits per heavy atom. The van der Waals surface area contributed by atoms with Crippen LogP contribution in [0.25, 0.3) is 0 Å². The van der Waals surface area contributed by atoms with E-state index < -0.39 is 35.6 Å². The summed E-state index contributed by atoms with van der Waals surface area (Å²) in [6, 6.07) is 2.41. The largest absolute Gasteiger partial charge is 0.342 e. The van der Waals surface area contributed by atoms with Crippen LogP contribution in [0.15, 0.2) is 28.0 Å². The van der Waals surface area contributed by atoms with Gasteiger partial charge in [-0.25, -0.2) is 0 Å². The molecule has 0 aliphatic carbocycles. The molecule has 0 radical (unpaired) electrons. The summed E-state index contributed by atoms with van der Waals surface area (Å²) in [6.45, 7) is 0. The fourth-order valence-electron chi connectivity index (χ4n) is 1.08. The molecule has 0 aromatic heterocycles. The van der Waals surface area contributed by atoms with Gasteiger partial charge < -0.3 is 0 Å². The van der Waals surface area contributed by atoms with E-state index in [9.17, 15) is 21.6 Å². The molecule has 0 saturated heterocycles. The topological polar surface area (TPSA) is 142 Å². The maximum absolute atomic E-state index is 11.2. The number of hydrogen-bond donors (Lipinski definition) is 2. The summed E-state index contributed by atoms with van der Waals surface area (Å²) in [5.74, 6) is 2.72. The van der Waals surface area contributed by atoms with E-state index >= 15 is 0 Å². The lowest BCUT2D eigenvalue weighted by molar-refractivity contribution is -0.635. The third-order valence-electron chi connectivity index (χ3n) is 1.83. The minimum atomic E-state index is -4.60. The summed E-state index contributed by atoms with van der Waals surface area (Å²) in [5, 5.41) is 0. The summed E-state index contributed by atoms with van der Waals surface area (Å²) < 4.78 is 56.8. The molecule has 17 heavy (non-hydrogen) atoms. The van der Waals surface area contributed by atoms with Crippen LogP contribution in [0, 0.1) is 0 Å². The highest BCUT2D eigenvalue weighted by atomic mass is 32.2. The first-order chi connectivity index (χ1) is 7.72. The molecule has 0 heterocycles. The molecule has 0 aliphatic rings. The Morgan fingerprint density at radius 2 is 1.82 bits per heavy atom. The molecular formula is C7H8NO7S2+. The fraction of sp³-hybridized carbons (Fsp3) is 0. The second-order valence-corrected chi connectivity index (χ2v) is 5.87. The van der Waals surface area contributed by atoms with Crippen molar-refractivity contribution in [3.8, 4) is 0 Å². The maximum atomic E-state index is 11.2. The molecular weight excluding hydrogens is 274 g/mol. The Hall–Kier alpha value is -1.33. The number of quaternary nitrogens is 1. The van der Waals surface area contributed by atoms with Crippen molar-refractivity contribution in [2.45, 2.75) is 9.79 Å². The van der Waals surface area contributed by atoms with Crippen molar-refractivity contribution < 1.29 is 36.4 Å². The Morgan fingerprint density at radius 1 is 1.24 bits per heavy atom. The number of aldehydes is 1. The molecule has 1 aromatic rings. The van der Waals surface area contributed by atoms with Gasteiger partial charge in [-0.1, -0.05) is 4.28 Å².